The minimum absolute atomic E-state index is 0.0789. The number of anilines is 4. The summed E-state index contributed by atoms with van der Waals surface area (Å²) in [4.78, 5) is 35.7. The van der Waals surface area contributed by atoms with Gasteiger partial charge in [0.05, 0.1) is 30.0 Å². The number of alkyl halides is 2. The monoisotopic (exact) mass is 617 g/mol. The van der Waals surface area contributed by atoms with Crippen LogP contribution in [0.25, 0.3) is 22.2 Å². The van der Waals surface area contributed by atoms with Crippen LogP contribution in [0.3, 0.4) is 0 Å². The summed E-state index contributed by atoms with van der Waals surface area (Å²) in [5.41, 5.74) is 5.01. The van der Waals surface area contributed by atoms with Crippen LogP contribution >= 0.6 is 0 Å². The van der Waals surface area contributed by atoms with Crippen molar-refractivity contribution in [3.05, 3.63) is 60.2 Å². The SMILES string of the molecule is Cc1cnc(Nc2cc(C)n(C)n2)nc1-c1c[nH]c2c(NC(=O)CN3CC[C@H](Oc4ccnc(NCC(F)F)n4)C3)cccc12. The molecule has 4 aromatic heterocycles. The maximum absolute atomic E-state index is 13.1. The molecule has 0 bridgehead atoms. The van der Waals surface area contributed by atoms with E-state index in [4.69, 9.17) is 9.72 Å². The second-order valence-electron chi connectivity index (χ2n) is 10.9. The zero-order valence-electron chi connectivity index (χ0n) is 25.0. The molecule has 0 spiro atoms. The lowest BCUT2D eigenvalue weighted by Gasteiger charge is -2.17. The standard InChI is InChI=1S/C30H33F2N11O2/c1-17-12-35-30(38-24-11-18(2)42(3)41-24)40-27(17)21-13-34-28-20(21)5-4-6-22(28)37-25(44)16-43-10-8-19(15-43)45-26-7-9-33-29(39-26)36-14-23(31)32/h4-7,9,11-13,19,23,34H,8,10,14-16H2,1-3H3,(H,37,44)(H,33,36,39)(H,35,38,40,41)/t19-/m0/s1. The van der Waals surface area contributed by atoms with Gasteiger partial charge in [-0.15, -0.1) is 0 Å². The van der Waals surface area contributed by atoms with E-state index in [2.05, 4.69) is 41.0 Å². The number of nitrogens with zero attached hydrogens (tertiary/aromatic N) is 7. The number of aryl methyl sites for hydroxylation is 3. The number of aromatic amines is 1. The third kappa shape index (κ3) is 6.98. The van der Waals surface area contributed by atoms with Gasteiger partial charge in [0.1, 0.15) is 6.10 Å². The van der Waals surface area contributed by atoms with E-state index in [1.807, 2.05) is 56.3 Å². The number of halogens is 2. The Balaban J connectivity index is 1.09. The predicted octanol–water partition coefficient (Wildman–Crippen LogP) is 4.28. The van der Waals surface area contributed by atoms with Crippen LogP contribution in [0.5, 0.6) is 5.88 Å². The Hall–Kier alpha value is -5.18. The van der Waals surface area contributed by atoms with Gasteiger partial charge in [0.15, 0.2) is 5.82 Å². The number of nitrogens with one attached hydrogen (secondary N) is 4. The van der Waals surface area contributed by atoms with Gasteiger partial charge in [-0.1, -0.05) is 12.1 Å². The van der Waals surface area contributed by atoms with Gasteiger partial charge in [0, 0.05) is 67.5 Å². The van der Waals surface area contributed by atoms with Crippen LogP contribution in [0.1, 0.15) is 17.7 Å². The zero-order chi connectivity index (χ0) is 31.5. The average molecular weight is 618 g/mol. The fraction of sp³-hybridized carbons (Fsp3) is 0.333. The van der Waals surface area contributed by atoms with Crippen molar-refractivity contribution in [2.24, 2.45) is 7.05 Å². The van der Waals surface area contributed by atoms with E-state index in [0.29, 0.717) is 42.8 Å². The van der Waals surface area contributed by atoms with Crippen LogP contribution in [0, 0.1) is 13.8 Å². The number of aromatic nitrogens is 7. The first kappa shape index (κ1) is 29.9. The number of likely N-dealkylation sites (tertiary alicyclic amines) is 1. The Morgan fingerprint density at radius 3 is 2.84 bits per heavy atom. The summed E-state index contributed by atoms with van der Waals surface area (Å²) in [6.07, 6.45) is 3.09. The second-order valence-corrected chi connectivity index (χ2v) is 10.9. The third-order valence-electron chi connectivity index (χ3n) is 7.50. The molecule has 5 aromatic rings. The highest BCUT2D eigenvalue weighted by Crippen LogP contribution is 2.33. The topological polar surface area (TPSA) is 151 Å². The quantitative estimate of drug-likeness (QED) is 0.169. The number of H-pyrrole nitrogens is 1. The van der Waals surface area contributed by atoms with Crippen molar-refractivity contribution in [3.8, 4) is 17.1 Å². The number of amides is 1. The molecule has 1 aliphatic heterocycles. The van der Waals surface area contributed by atoms with E-state index in [0.717, 1.165) is 33.4 Å². The molecule has 1 amide bonds. The maximum atomic E-state index is 13.1. The second kappa shape index (κ2) is 12.8. The number of carbonyl (C=O) groups excluding carboxylic acids is 1. The lowest BCUT2D eigenvalue weighted by atomic mass is 10.1. The number of hydrogen-bond donors (Lipinski definition) is 4. The molecule has 234 valence electrons. The van der Waals surface area contributed by atoms with Crippen LogP contribution < -0.4 is 20.7 Å². The first-order valence-corrected chi connectivity index (χ1v) is 14.5. The normalized spacial score (nSPS) is 15.1. The molecule has 0 radical (unpaired) electrons. The van der Waals surface area contributed by atoms with E-state index >= 15 is 0 Å². The smallest absolute Gasteiger partial charge is 0.255 e. The number of rotatable bonds is 11. The van der Waals surface area contributed by atoms with Gasteiger partial charge in [0.25, 0.3) is 6.43 Å². The summed E-state index contributed by atoms with van der Waals surface area (Å²) >= 11 is 0. The highest BCUT2D eigenvalue weighted by atomic mass is 19.3. The van der Waals surface area contributed by atoms with Gasteiger partial charge >= 0.3 is 0 Å². The van der Waals surface area contributed by atoms with Crippen molar-refractivity contribution in [2.75, 3.05) is 42.1 Å². The Bertz CT molecular complexity index is 1800. The highest BCUT2D eigenvalue weighted by Gasteiger charge is 2.26. The minimum Gasteiger partial charge on any atom is -0.473 e. The largest absolute Gasteiger partial charge is 0.473 e. The van der Waals surface area contributed by atoms with Crippen molar-refractivity contribution in [1.82, 2.24) is 39.6 Å². The Kier molecular flexibility index (Phi) is 8.51. The van der Waals surface area contributed by atoms with Crippen molar-refractivity contribution < 1.29 is 18.3 Å². The number of fused-ring (bicyclic) bond motifs is 1. The molecule has 6 rings (SSSR count). The molecule has 4 N–H and O–H groups in total. The predicted molar refractivity (Wildman–Crippen MR) is 166 cm³/mol. The fourth-order valence-corrected chi connectivity index (χ4v) is 5.23. The van der Waals surface area contributed by atoms with Gasteiger partial charge in [-0.05, 0) is 31.9 Å². The van der Waals surface area contributed by atoms with Crippen LogP contribution in [0.15, 0.2) is 48.9 Å². The number of para-hydroxylation sites is 1. The highest BCUT2D eigenvalue weighted by molar-refractivity contribution is 6.06. The zero-order valence-corrected chi connectivity index (χ0v) is 25.0. The third-order valence-corrected chi connectivity index (χ3v) is 7.50. The molecule has 1 atom stereocenters. The molecule has 15 heteroatoms. The lowest BCUT2D eigenvalue weighted by Crippen LogP contribution is -2.33. The molecule has 0 saturated carbocycles. The van der Waals surface area contributed by atoms with Crippen LogP contribution in [0.4, 0.5) is 32.2 Å². The van der Waals surface area contributed by atoms with Crippen molar-refractivity contribution in [3.63, 3.8) is 0 Å². The van der Waals surface area contributed by atoms with Crippen LogP contribution in [-0.2, 0) is 11.8 Å². The van der Waals surface area contributed by atoms with Crippen molar-refractivity contribution in [2.45, 2.75) is 32.8 Å². The molecule has 45 heavy (non-hydrogen) atoms. The first-order valence-electron chi connectivity index (χ1n) is 14.5. The molecule has 1 aromatic carbocycles. The summed E-state index contributed by atoms with van der Waals surface area (Å²) in [5, 5.41) is 14.0. The molecular weight excluding hydrogens is 584 g/mol. The number of carbonyl (C=O) groups is 1. The molecule has 1 aliphatic rings. The summed E-state index contributed by atoms with van der Waals surface area (Å²) in [6.45, 7) is 4.75. The summed E-state index contributed by atoms with van der Waals surface area (Å²) < 4.78 is 32.7. The molecule has 0 aliphatic carbocycles. The van der Waals surface area contributed by atoms with E-state index in [9.17, 15) is 13.6 Å². The van der Waals surface area contributed by atoms with Crippen molar-refractivity contribution >= 4 is 40.2 Å². The van der Waals surface area contributed by atoms with Gasteiger partial charge in [-0.3, -0.25) is 14.4 Å². The molecule has 1 saturated heterocycles. The van der Waals surface area contributed by atoms with Crippen LogP contribution in [-0.4, -0.2) is 84.2 Å². The van der Waals surface area contributed by atoms with Crippen LogP contribution in [0.2, 0.25) is 0 Å². The lowest BCUT2D eigenvalue weighted by molar-refractivity contribution is -0.117. The number of ether oxygens (including phenoxy) is 1. The summed E-state index contributed by atoms with van der Waals surface area (Å²) in [6, 6.07) is 9.24. The summed E-state index contributed by atoms with van der Waals surface area (Å²) in [7, 11) is 1.88. The molecule has 5 heterocycles. The molecular formula is C30H33F2N11O2. The van der Waals surface area contributed by atoms with E-state index in [-0.39, 0.29) is 24.5 Å². The first-order chi connectivity index (χ1) is 21.7. The molecule has 13 nitrogen and oxygen atoms in total. The molecule has 0 unspecified atom stereocenters. The van der Waals surface area contributed by atoms with Gasteiger partial charge in [0.2, 0.25) is 23.7 Å². The van der Waals surface area contributed by atoms with Gasteiger partial charge < -0.3 is 25.7 Å². The van der Waals surface area contributed by atoms with Gasteiger partial charge in [-0.25, -0.2) is 23.7 Å². The number of benzene rings is 1. The Labute approximate surface area is 257 Å². The van der Waals surface area contributed by atoms with E-state index in [1.165, 1.54) is 6.20 Å². The fourth-order valence-electron chi connectivity index (χ4n) is 5.23. The number of hydrogen-bond acceptors (Lipinski definition) is 10. The Morgan fingerprint density at radius 2 is 2.04 bits per heavy atom. The maximum Gasteiger partial charge on any atom is 0.255 e. The van der Waals surface area contributed by atoms with E-state index in [1.54, 1.807) is 16.9 Å². The molecule has 1 fully saturated rings. The minimum atomic E-state index is -2.51. The van der Waals surface area contributed by atoms with Gasteiger partial charge in [-0.2, -0.15) is 10.1 Å². The average Bonchev–Trinajstić information content (AvgIpc) is 3.72. The van der Waals surface area contributed by atoms with E-state index < -0.39 is 13.0 Å². The van der Waals surface area contributed by atoms with Crippen molar-refractivity contribution in [1.29, 1.82) is 0 Å². The Morgan fingerprint density at radius 1 is 1.18 bits per heavy atom. The summed E-state index contributed by atoms with van der Waals surface area (Å²) in [5.74, 6) is 1.31.